The molecule has 28 heavy (non-hydrogen) atoms. The molecule has 1 N–H and O–H groups in total. The molecule has 0 atom stereocenters. The summed E-state index contributed by atoms with van der Waals surface area (Å²) in [6.07, 6.45) is 7.19. The first-order chi connectivity index (χ1) is 13.7. The number of hydrogen-bond donors (Lipinski definition) is 1. The van der Waals surface area contributed by atoms with Crippen molar-refractivity contribution in [3.8, 4) is 0 Å². The van der Waals surface area contributed by atoms with Gasteiger partial charge in [0.25, 0.3) is 0 Å². The van der Waals surface area contributed by atoms with Crippen molar-refractivity contribution in [1.82, 2.24) is 25.0 Å². The summed E-state index contributed by atoms with van der Waals surface area (Å²) in [5.41, 5.74) is 1.25. The highest BCUT2D eigenvalue weighted by Crippen LogP contribution is 2.12. The zero-order chi connectivity index (χ0) is 19.6. The average Bonchev–Trinajstić information content (AvgIpc) is 2.73. The summed E-state index contributed by atoms with van der Waals surface area (Å²) in [4.78, 5) is 11.5. The summed E-state index contributed by atoms with van der Waals surface area (Å²) in [7, 11) is 4.17. The van der Waals surface area contributed by atoms with E-state index in [-0.39, 0.29) is 0 Å². The summed E-state index contributed by atoms with van der Waals surface area (Å²) in [6, 6.07) is 10.4. The van der Waals surface area contributed by atoms with Crippen molar-refractivity contribution in [2.24, 2.45) is 0 Å². The van der Waals surface area contributed by atoms with Gasteiger partial charge in [0, 0.05) is 39.3 Å². The lowest BCUT2D eigenvalue weighted by Crippen LogP contribution is -2.47. The molecule has 7 heteroatoms. The van der Waals surface area contributed by atoms with Crippen LogP contribution in [0.2, 0.25) is 0 Å². The van der Waals surface area contributed by atoms with Crippen LogP contribution >= 0.6 is 0 Å². The summed E-state index contributed by atoms with van der Waals surface area (Å²) in [6.45, 7) is 6.76. The van der Waals surface area contributed by atoms with Crippen molar-refractivity contribution >= 4 is 17.8 Å². The maximum Gasteiger partial charge on any atom is 0.247 e. The van der Waals surface area contributed by atoms with E-state index < -0.39 is 0 Å². The van der Waals surface area contributed by atoms with E-state index in [9.17, 15) is 0 Å². The Morgan fingerprint density at radius 2 is 1.89 bits per heavy atom. The molecule has 0 unspecified atom stereocenters. The second kappa shape index (κ2) is 10.7. The Morgan fingerprint density at radius 1 is 1.11 bits per heavy atom. The predicted molar refractivity (Wildman–Crippen MR) is 116 cm³/mol. The highest BCUT2D eigenvalue weighted by molar-refractivity contribution is 5.48. The maximum absolute atomic E-state index is 4.64. The molecule has 1 fully saturated rings. The minimum absolute atomic E-state index is 0.720. The quantitative estimate of drug-likeness (QED) is 0.667. The molecule has 3 rings (SSSR count). The van der Waals surface area contributed by atoms with Crippen LogP contribution in [-0.4, -0.2) is 84.9 Å². The van der Waals surface area contributed by atoms with Crippen LogP contribution in [0, 0.1) is 0 Å². The van der Waals surface area contributed by atoms with Crippen LogP contribution < -0.4 is 10.2 Å². The molecular formula is C21H31N7. The Bertz CT molecular complexity index is 725. The van der Waals surface area contributed by atoms with Crippen LogP contribution in [0.15, 0.2) is 42.6 Å². The lowest BCUT2D eigenvalue weighted by atomic mass is 10.2. The minimum Gasteiger partial charge on any atom is -0.369 e. The van der Waals surface area contributed by atoms with Gasteiger partial charge in [0.05, 0.1) is 6.20 Å². The van der Waals surface area contributed by atoms with Crippen molar-refractivity contribution in [2.45, 2.75) is 6.42 Å². The normalized spacial score (nSPS) is 15.5. The minimum atomic E-state index is 0.720. The molecule has 0 radical (unpaired) electrons. The van der Waals surface area contributed by atoms with Gasteiger partial charge < -0.3 is 15.1 Å². The lowest BCUT2D eigenvalue weighted by Gasteiger charge is -2.33. The van der Waals surface area contributed by atoms with Crippen molar-refractivity contribution in [3.63, 3.8) is 0 Å². The number of aromatic nitrogens is 3. The monoisotopic (exact) mass is 381 g/mol. The third-order valence-corrected chi connectivity index (χ3v) is 4.76. The fourth-order valence-corrected chi connectivity index (χ4v) is 3.16. The Kier molecular flexibility index (Phi) is 7.75. The van der Waals surface area contributed by atoms with Gasteiger partial charge in [-0.05, 0) is 32.6 Å². The van der Waals surface area contributed by atoms with E-state index in [1.165, 1.54) is 5.56 Å². The number of piperazine rings is 1. The predicted octanol–water partition coefficient (Wildman–Crippen LogP) is 2.07. The number of benzene rings is 1. The van der Waals surface area contributed by atoms with Gasteiger partial charge in [-0.15, -0.1) is 5.10 Å². The van der Waals surface area contributed by atoms with Gasteiger partial charge in [-0.2, -0.15) is 10.1 Å². The highest BCUT2D eigenvalue weighted by atomic mass is 15.4. The van der Waals surface area contributed by atoms with Gasteiger partial charge in [-0.3, -0.25) is 4.90 Å². The molecule has 0 saturated carbocycles. The molecule has 150 valence electrons. The van der Waals surface area contributed by atoms with E-state index in [0.717, 1.165) is 64.0 Å². The van der Waals surface area contributed by atoms with E-state index in [2.05, 4.69) is 85.7 Å². The van der Waals surface area contributed by atoms with Crippen LogP contribution in [0.25, 0.3) is 6.08 Å². The smallest absolute Gasteiger partial charge is 0.247 e. The largest absolute Gasteiger partial charge is 0.369 e. The first-order valence-corrected chi connectivity index (χ1v) is 9.98. The number of hydrogen-bond acceptors (Lipinski definition) is 7. The first-order valence-electron chi connectivity index (χ1n) is 9.98. The second-order valence-corrected chi connectivity index (χ2v) is 7.33. The number of anilines is 2. The molecule has 1 aliphatic heterocycles. The number of nitrogens with zero attached hydrogens (tertiary/aromatic N) is 6. The maximum atomic E-state index is 4.64. The fraction of sp³-hybridized carbons (Fsp3) is 0.476. The van der Waals surface area contributed by atoms with Crippen molar-refractivity contribution < 1.29 is 0 Å². The average molecular weight is 382 g/mol. The highest BCUT2D eigenvalue weighted by Gasteiger charge is 2.18. The molecule has 0 aliphatic carbocycles. The number of rotatable bonds is 9. The molecule has 0 bridgehead atoms. The summed E-state index contributed by atoms with van der Waals surface area (Å²) < 4.78 is 0. The molecule has 0 spiro atoms. The van der Waals surface area contributed by atoms with Crippen LogP contribution in [0.5, 0.6) is 0 Å². The van der Waals surface area contributed by atoms with Gasteiger partial charge in [0.2, 0.25) is 5.95 Å². The topological polar surface area (TPSA) is 60.4 Å². The van der Waals surface area contributed by atoms with E-state index in [0.29, 0.717) is 0 Å². The van der Waals surface area contributed by atoms with Gasteiger partial charge in [-0.1, -0.05) is 42.5 Å². The Balaban J connectivity index is 1.43. The standard InChI is InChI=1S/C21H31N7/c1-26(2)12-7-11-22-20-18-23-25-21(24-20)28-16-14-27(15-17-28)13-6-10-19-8-4-3-5-9-19/h3-6,8-10,18H,7,11-17H2,1-2H3,(H,22,24,25)/b10-6+. The molecule has 1 saturated heterocycles. The summed E-state index contributed by atoms with van der Waals surface area (Å²) in [5.74, 6) is 1.52. The zero-order valence-electron chi connectivity index (χ0n) is 17.0. The van der Waals surface area contributed by atoms with Gasteiger partial charge >= 0.3 is 0 Å². The molecule has 1 aromatic heterocycles. The fourth-order valence-electron chi connectivity index (χ4n) is 3.16. The Labute approximate surface area is 168 Å². The molecule has 7 nitrogen and oxygen atoms in total. The summed E-state index contributed by atoms with van der Waals surface area (Å²) >= 11 is 0. The second-order valence-electron chi connectivity index (χ2n) is 7.33. The molecule has 2 heterocycles. The van der Waals surface area contributed by atoms with Crippen molar-refractivity contribution in [1.29, 1.82) is 0 Å². The van der Waals surface area contributed by atoms with Gasteiger partial charge in [0.1, 0.15) is 0 Å². The van der Waals surface area contributed by atoms with Crippen molar-refractivity contribution in [3.05, 3.63) is 48.2 Å². The first kappa shape index (κ1) is 20.2. The molecule has 0 amide bonds. The van der Waals surface area contributed by atoms with Crippen LogP contribution in [0.4, 0.5) is 11.8 Å². The van der Waals surface area contributed by atoms with Gasteiger partial charge in [0.15, 0.2) is 5.82 Å². The SMILES string of the molecule is CN(C)CCCNc1cnnc(N2CCN(C/C=C/c3ccccc3)CC2)n1. The number of nitrogens with one attached hydrogen (secondary N) is 1. The van der Waals surface area contributed by atoms with E-state index in [1.807, 2.05) is 6.07 Å². The third kappa shape index (κ3) is 6.58. The molecule has 1 aliphatic rings. The van der Waals surface area contributed by atoms with Crippen LogP contribution in [0.1, 0.15) is 12.0 Å². The molecule has 1 aromatic carbocycles. The Hall–Kier alpha value is -2.51. The van der Waals surface area contributed by atoms with E-state index >= 15 is 0 Å². The van der Waals surface area contributed by atoms with Crippen molar-refractivity contribution in [2.75, 3.05) is 70.1 Å². The van der Waals surface area contributed by atoms with Crippen LogP contribution in [0.3, 0.4) is 0 Å². The molecular weight excluding hydrogens is 350 g/mol. The third-order valence-electron chi connectivity index (χ3n) is 4.76. The van der Waals surface area contributed by atoms with E-state index in [4.69, 9.17) is 0 Å². The Morgan fingerprint density at radius 3 is 2.64 bits per heavy atom. The van der Waals surface area contributed by atoms with Crippen LogP contribution in [-0.2, 0) is 0 Å². The van der Waals surface area contributed by atoms with Gasteiger partial charge in [-0.25, -0.2) is 0 Å². The lowest BCUT2D eigenvalue weighted by molar-refractivity contribution is 0.282. The molecule has 2 aromatic rings. The summed E-state index contributed by atoms with van der Waals surface area (Å²) in [5, 5.41) is 11.7. The van der Waals surface area contributed by atoms with E-state index in [1.54, 1.807) is 6.20 Å². The zero-order valence-corrected chi connectivity index (χ0v) is 17.0.